The van der Waals surface area contributed by atoms with E-state index >= 15 is 0 Å². The molecular formula is C8H18O4. The summed E-state index contributed by atoms with van der Waals surface area (Å²) >= 11 is 0. The van der Waals surface area contributed by atoms with Gasteiger partial charge in [0.25, 0.3) is 0 Å². The molecule has 0 aromatic carbocycles. The van der Waals surface area contributed by atoms with E-state index in [0.29, 0.717) is 6.42 Å². The summed E-state index contributed by atoms with van der Waals surface area (Å²) in [5.74, 6) is -1.44. The molecule has 3 unspecified atom stereocenters. The Bertz CT molecular complexity index is 124. The molecule has 0 aromatic heterocycles. The molecule has 0 saturated heterocycles. The smallest absolute Gasteiger partial charge is 0.191 e. The number of aliphatic hydroxyl groups excluding tert-OH is 1. The van der Waals surface area contributed by atoms with E-state index in [4.69, 9.17) is 9.47 Å². The number of methoxy groups -OCH3 is 2. The molecule has 0 spiro atoms. The lowest BCUT2D eigenvalue weighted by molar-refractivity contribution is -0.258. The molecule has 2 N–H and O–H groups in total. The highest BCUT2D eigenvalue weighted by Crippen LogP contribution is 2.18. The second-order valence-electron chi connectivity index (χ2n) is 2.89. The van der Waals surface area contributed by atoms with Crippen LogP contribution in [0.2, 0.25) is 0 Å². The lowest BCUT2D eigenvalue weighted by Gasteiger charge is -2.33. The second-order valence-corrected chi connectivity index (χ2v) is 2.89. The molecule has 0 saturated carbocycles. The first-order valence-electron chi connectivity index (χ1n) is 3.98. The molecule has 0 rings (SSSR count). The van der Waals surface area contributed by atoms with Crippen molar-refractivity contribution >= 4 is 0 Å². The molecule has 3 atom stereocenters. The van der Waals surface area contributed by atoms with Gasteiger partial charge in [-0.25, -0.2) is 0 Å². The summed E-state index contributed by atoms with van der Waals surface area (Å²) in [6.07, 6.45) is -0.921. The van der Waals surface area contributed by atoms with Crippen LogP contribution in [0.3, 0.4) is 0 Å². The van der Waals surface area contributed by atoms with Gasteiger partial charge in [0.2, 0.25) is 0 Å². The zero-order chi connectivity index (χ0) is 9.78. The van der Waals surface area contributed by atoms with Gasteiger partial charge in [0.1, 0.15) is 6.10 Å². The highest BCUT2D eigenvalue weighted by molar-refractivity contribution is 4.79. The van der Waals surface area contributed by atoms with Gasteiger partial charge in [-0.3, -0.25) is 0 Å². The zero-order valence-electron chi connectivity index (χ0n) is 8.07. The molecule has 0 amide bonds. The number of rotatable bonds is 5. The monoisotopic (exact) mass is 178 g/mol. The predicted molar refractivity (Wildman–Crippen MR) is 44.7 cm³/mol. The average molecular weight is 178 g/mol. The SMILES string of the molecule is CCC(O)C(OC)C(C)(O)OC. The van der Waals surface area contributed by atoms with Crippen molar-refractivity contribution in [1.29, 1.82) is 0 Å². The van der Waals surface area contributed by atoms with Gasteiger partial charge in [0.15, 0.2) is 5.79 Å². The minimum atomic E-state index is -1.44. The Hall–Kier alpha value is -0.160. The second kappa shape index (κ2) is 4.77. The average Bonchev–Trinajstić information content (AvgIpc) is 2.05. The van der Waals surface area contributed by atoms with Crippen molar-refractivity contribution in [3.05, 3.63) is 0 Å². The summed E-state index contributed by atoms with van der Waals surface area (Å²) in [5.41, 5.74) is 0. The molecule has 0 aliphatic rings. The van der Waals surface area contributed by atoms with E-state index in [0.717, 1.165) is 0 Å². The summed E-state index contributed by atoms with van der Waals surface area (Å²) in [6.45, 7) is 3.27. The topological polar surface area (TPSA) is 58.9 Å². The maximum atomic E-state index is 9.58. The summed E-state index contributed by atoms with van der Waals surface area (Å²) < 4.78 is 9.72. The van der Waals surface area contributed by atoms with Crippen LogP contribution < -0.4 is 0 Å². The zero-order valence-corrected chi connectivity index (χ0v) is 8.07. The largest absolute Gasteiger partial charge is 0.390 e. The Morgan fingerprint density at radius 3 is 2.17 bits per heavy atom. The van der Waals surface area contributed by atoms with E-state index < -0.39 is 18.0 Å². The summed E-state index contributed by atoms with van der Waals surface area (Å²) in [4.78, 5) is 0. The van der Waals surface area contributed by atoms with Gasteiger partial charge in [-0.1, -0.05) is 6.92 Å². The van der Waals surface area contributed by atoms with E-state index in [1.807, 2.05) is 6.92 Å². The van der Waals surface area contributed by atoms with Crippen LogP contribution in [-0.2, 0) is 9.47 Å². The summed E-state index contributed by atoms with van der Waals surface area (Å²) in [7, 11) is 2.80. The van der Waals surface area contributed by atoms with Gasteiger partial charge in [0, 0.05) is 14.2 Å². The first-order valence-corrected chi connectivity index (χ1v) is 3.98. The molecule has 0 heterocycles. The standard InChI is InChI=1S/C8H18O4/c1-5-6(9)7(11-3)8(2,10)12-4/h6-7,9-10H,5H2,1-4H3. The third kappa shape index (κ3) is 2.71. The molecule has 0 aromatic rings. The van der Waals surface area contributed by atoms with Crippen molar-refractivity contribution < 1.29 is 19.7 Å². The van der Waals surface area contributed by atoms with Crippen molar-refractivity contribution in [3.63, 3.8) is 0 Å². The molecule has 0 aliphatic carbocycles. The van der Waals surface area contributed by atoms with E-state index in [9.17, 15) is 10.2 Å². The minimum Gasteiger partial charge on any atom is -0.390 e. The summed E-state index contributed by atoms with van der Waals surface area (Å²) in [6, 6.07) is 0. The Balaban J connectivity index is 4.32. The number of ether oxygens (including phenoxy) is 2. The molecule has 74 valence electrons. The first kappa shape index (κ1) is 11.8. The van der Waals surface area contributed by atoms with Crippen LogP contribution in [0.15, 0.2) is 0 Å². The van der Waals surface area contributed by atoms with Crippen LogP contribution >= 0.6 is 0 Å². The highest BCUT2D eigenvalue weighted by atomic mass is 16.6. The quantitative estimate of drug-likeness (QED) is 0.587. The van der Waals surface area contributed by atoms with E-state index in [-0.39, 0.29) is 0 Å². The van der Waals surface area contributed by atoms with Crippen LogP contribution in [0.4, 0.5) is 0 Å². The van der Waals surface area contributed by atoms with Crippen molar-refractivity contribution in [3.8, 4) is 0 Å². The molecule has 12 heavy (non-hydrogen) atoms. The van der Waals surface area contributed by atoms with Crippen LogP contribution in [0.25, 0.3) is 0 Å². The van der Waals surface area contributed by atoms with Crippen molar-refractivity contribution in [1.82, 2.24) is 0 Å². The first-order chi connectivity index (χ1) is 5.49. The van der Waals surface area contributed by atoms with E-state index in [1.165, 1.54) is 21.1 Å². The Morgan fingerprint density at radius 1 is 1.42 bits per heavy atom. The number of hydrogen-bond acceptors (Lipinski definition) is 4. The molecule has 4 heteroatoms. The van der Waals surface area contributed by atoms with Gasteiger partial charge < -0.3 is 19.7 Å². The molecule has 4 nitrogen and oxygen atoms in total. The van der Waals surface area contributed by atoms with Crippen molar-refractivity contribution in [2.75, 3.05) is 14.2 Å². The molecular weight excluding hydrogens is 160 g/mol. The van der Waals surface area contributed by atoms with Crippen LogP contribution in [0.5, 0.6) is 0 Å². The molecule has 0 aliphatic heterocycles. The maximum Gasteiger partial charge on any atom is 0.191 e. The molecule has 0 bridgehead atoms. The normalized spacial score (nSPS) is 21.5. The van der Waals surface area contributed by atoms with Gasteiger partial charge in [0.05, 0.1) is 6.10 Å². The van der Waals surface area contributed by atoms with E-state index in [2.05, 4.69) is 0 Å². The number of hydrogen-bond donors (Lipinski definition) is 2. The molecule has 0 fully saturated rings. The Morgan fingerprint density at radius 2 is 1.92 bits per heavy atom. The molecule has 0 radical (unpaired) electrons. The third-order valence-corrected chi connectivity index (χ3v) is 1.96. The van der Waals surface area contributed by atoms with Crippen molar-refractivity contribution in [2.45, 2.75) is 38.3 Å². The number of aliphatic hydroxyl groups is 2. The lowest BCUT2D eigenvalue weighted by atomic mass is 10.0. The maximum absolute atomic E-state index is 9.58. The highest BCUT2D eigenvalue weighted by Gasteiger charge is 2.36. The fraction of sp³-hybridized carbons (Fsp3) is 1.00. The minimum absolute atomic E-state index is 0.512. The van der Waals surface area contributed by atoms with Crippen LogP contribution in [0.1, 0.15) is 20.3 Å². The fourth-order valence-electron chi connectivity index (χ4n) is 1.06. The van der Waals surface area contributed by atoms with Gasteiger partial charge in [-0.05, 0) is 13.3 Å². The Labute approximate surface area is 73.1 Å². The van der Waals surface area contributed by atoms with Gasteiger partial charge >= 0.3 is 0 Å². The van der Waals surface area contributed by atoms with Gasteiger partial charge in [-0.15, -0.1) is 0 Å². The van der Waals surface area contributed by atoms with Crippen LogP contribution in [0, 0.1) is 0 Å². The fourth-order valence-corrected chi connectivity index (χ4v) is 1.06. The van der Waals surface area contributed by atoms with Gasteiger partial charge in [-0.2, -0.15) is 0 Å². The third-order valence-electron chi connectivity index (χ3n) is 1.96. The Kier molecular flexibility index (Phi) is 4.70. The summed E-state index contributed by atoms with van der Waals surface area (Å²) in [5, 5.41) is 19.0. The van der Waals surface area contributed by atoms with Crippen LogP contribution in [-0.4, -0.2) is 42.4 Å². The lowest BCUT2D eigenvalue weighted by Crippen LogP contribution is -2.49. The van der Waals surface area contributed by atoms with E-state index in [1.54, 1.807) is 0 Å². The van der Waals surface area contributed by atoms with Crippen molar-refractivity contribution in [2.24, 2.45) is 0 Å². The predicted octanol–water partition coefficient (Wildman–Crippen LogP) is 0.127.